The van der Waals surface area contributed by atoms with Gasteiger partial charge in [-0.2, -0.15) is 0 Å². The Morgan fingerprint density at radius 3 is 2.38 bits per heavy atom. The van der Waals surface area contributed by atoms with Crippen LogP contribution >= 0.6 is 11.3 Å². The average molecular weight is 311 g/mol. The summed E-state index contributed by atoms with van der Waals surface area (Å²) in [5, 5.41) is 12.1. The van der Waals surface area contributed by atoms with Gasteiger partial charge in [0.15, 0.2) is 0 Å². The lowest BCUT2D eigenvalue weighted by Gasteiger charge is -2.41. The van der Waals surface area contributed by atoms with Crippen molar-refractivity contribution in [2.24, 2.45) is 5.41 Å². The van der Waals surface area contributed by atoms with Crippen LogP contribution in [-0.2, 0) is 20.5 Å². The minimum absolute atomic E-state index is 0.340. The van der Waals surface area contributed by atoms with Crippen molar-refractivity contribution in [3.8, 4) is 0 Å². The number of aromatic nitrogens is 1. The quantitative estimate of drug-likeness (QED) is 0.914. The first-order valence-electron chi connectivity index (χ1n) is 7.38. The molecule has 0 aromatic carbocycles. The summed E-state index contributed by atoms with van der Waals surface area (Å²) in [5.41, 5.74) is -0.330. The van der Waals surface area contributed by atoms with Gasteiger partial charge < -0.3 is 9.84 Å². The number of nitrogens with zero attached hydrogens (tertiary/aromatic N) is 1. The second kappa shape index (κ2) is 5.36. The Morgan fingerprint density at radius 1 is 1.33 bits per heavy atom. The highest BCUT2D eigenvalue weighted by Crippen LogP contribution is 2.48. The minimum atomic E-state index is -0.961. The highest BCUT2D eigenvalue weighted by atomic mass is 32.1. The Bertz CT molecular complexity index is 523. The number of hydrogen-bond acceptors (Lipinski definition) is 4. The molecule has 1 aliphatic rings. The van der Waals surface area contributed by atoms with E-state index in [1.165, 1.54) is 11.3 Å². The van der Waals surface area contributed by atoms with Crippen molar-refractivity contribution in [1.82, 2.24) is 4.98 Å². The number of ether oxygens (including phenoxy) is 1. The predicted octanol–water partition coefficient (Wildman–Crippen LogP) is 3.95. The molecule has 1 N–H and O–H groups in total. The largest absolute Gasteiger partial charge is 0.481 e. The van der Waals surface area contributed by atoms with Gasteiger partial charge in [-0.3, -0.25) is 4.79 Å². The summed E-state index contributed by atoms with van der Waals surface area (Å²) in [7, 11) is 1.74. The first-order chi connectivity index (χ1) is 9.63. The van der Waals surface area contributed by atoms with Crippen LogP contribution in [-0.4, -0.2) is 23.2 Å². The maximum atomic E-state index is 11.4. The molecule has 0 radical (unpaired) electrons. The predicted molar refractivity (Wildman–Crippen MR) is 83.7 cm³/mol. The second-order valence-corrected chi connectivity index (χ2v) is 8.19. The lowest BCUT2D eigenvalue weighted by molar-refractivity contribution is -0.142. The molecule has 0 spiro atoms. The van der Waals surface area contributed by atoms with Gasteiger partial charge in [0.2, 0.25) is 0 Å². The summed E-state index contributed by atoms with van der Waals surface area (Å²) in [6.07, 6.45) is 4.07. The van der Waals surface area contributed by atoms with Gasteiger partial charge in [0, 0.05) is 12.5 Å². The van der Waals surface area contributed by atoms with Crippen LogP contribution in [0.25, 0.3) is 0 Å². The van der Waals surface area contributed by atoms with Crippen molar-refractivity contribution in [3.05, 3.63) is 16.1 Å². The molecular weight excluding hydrogens is 286 g/mol. The summed E-state index contributed by atoms with van der Waals surface area (Å²) < 4.78 is 5.85. The molecule has 118 valence electrons. The Labute approximate surface area is 130 Å². The van der Waals surface area contributed by atoms with E-state index in [1.54, 1.807) is 21.0 Å². The molecule has 0 unspecified atom stereocenters. The van der Waals surface area contributed by atoms with Crippen LogP contribution < -0.4 is 0 Å². The van der Waals surface area contributed by atoms with Crippen LogP contribution in [0.4, 0.5) is 0 Å². The van der Waals surface area contributed by atoms with Crippen molar-refractivity contribution in [1.29, 1.82) is 0 Å². The van der Waals surface area contributed by atoms with Gasteiger partial charge >= 0.3 is 5.97 Å². The third-order valence-electron chi connectivity index (χ3n) is 4.87. The number of hydrogen-bond donors (Lipinski definition) is 1. The number of methoxy groups -OCH3 is 1. The number of carboxylic acid groups (broad SMARTS) is 1. The first kappa shape index (κ1) is 16.4. The van der Waals surface area contributed by atoms with E-state index in [1.807, 2.05) is 5.38 Å². The topological polar surface area (TPSA) is 59.4 Å². The summed E-state index contributed by atoms with van der Waals surface area (Å²) >= 11 is 1.52. The molecule has 1 heterocycles. The average Bonchev–Trinajstić information content (AvgIpc) is 2.90. The summed E-state index contributed by atoms with van der Waals surface area (Å²) in [4.78, 5) is 16.0. The zero-order chi connectivity index (χ0) is 15.9. The fourth-order valence-electron chi connectivity index (χ4n) is 2.72. The fourth-order valence-corrected chi connectivity index (χ4v) is 3.94. The Kier molecular flexibility index (Phi) is 4.19. The van der Waals surface area contributed by atoms with Gasteiger partial charge in [0.25, 0.3) is 0 Å². The van der Waals surface area contributed by atoms with E-state index in [0.717, 1.165) is 30.7 Å². The number of rotatable bonds is 4. The van der Waals surface area contributed by atoms with Crippen molar-refractivity contribution < 1.29 is 14.6 Å². The molecular formula is C16H25NO3S. The Morgan fingerprint density at radius 2 is 1.90 bits per heavy atom. The lowest BCUT2D eigenvalue weighted by atomic mass is 9.71. The third kappa shape index (κ3) is 2.99. The smallest absolute Gasteiger partial charge is 0.315 e. The number of carboxylic acids is 1. The van der Waals surface area contributed by atoms with E-state index < -0.39 is 11.4 Å². The molecule has 5 heteroatoms. The molecule has 0 amide bonds. The number of aliphatic carboxylic acids is 1. The van der Waals surface area contributed by atoms with Crippen LogP contribution in [0.15, 0.2) is 5.38 Å². The summed E-state index contributed by atoms with van der Waals surface area (Å²) in [6.45, 7) is 7.95. The number of thiazole rings is 1. The van der Waals surface area contributed by atoms with Crippen LogP contribution in [0.5, 0.6) is 0 Å². The zero-order valence-electron chi connectivity index (χ0n) is 13.5. The molecule has 1 saturated carbocycles. The van der Waals surface area contributed by atoms with Crippen molar-refractivity contribution in [3.63, 3.8) is 0 Å². The van der Waals surface area contributed by atoms with Gasteiger partial charge in [-0.05, 0) is 44.9 Å². The fraction of sp³-hybridized carbons (Fsp3) is 0.750. The van der Waals surface area contributed by atoms with Crippen LogP contribution in [0.2, 0.25) is 0 Å². The molecule has 0 atom stereocenters. The highest BCUT2D eigenvalue weighted by molar-refractivity contribution is 7.09. The molecule has 1 aliphatic carbocycles. The van der Waals surface area contributed by atoms with E-state index in [4.69, 9.17) is 4.74 Å². The molecule has 0 bridgehead atoms. The van der Waals surface area contributed by atoms with Crippen molar-refractivity contribution >= 4 is 17.3 Å². The molecule has 1 aromatic rings. The summed E-state index contributed by atoms with van der Waals surface area (Å²) in [6, 6.07) is 0. The SMILES string of the molecule is COC1(c2nc(C(C)(C)C(=O)O)cs2)CCC(C)(C)CC1. The zero-order valence-corrected chi connectivity index (χ0v) is 14.3. The molecule has 0 aliphatic heterocycles. The monoisotopic (exact) mass is 311 g/mol. The molecule has 1 aromatic heterocycles. The van der Waals surface area contributed by atoms with Gasteiger partial charge in [0.05, 0.1) is 5.69 Å². The lowest BCUT2D eigenvalue weighted by Crippen LogP contribution is -2.36. The van der Waals surface area contributed by atoms with Gasteiger partial charge in [-0.15, -0.1) is 11.3 Å². The molecule has 2 rings (SSSR count). The van der Waals surface area contributed by atoms with Crippen LogP contribution in [0, 0.1) is 5.41 Å². The molecule has 0 saturated heterocycles. The second-order valence-electron chi connectivity index (χ2n) is 7.33. The Balaban J connectivity index is 2.29. The minimum Gasteiger partial charge on any atom is -0.481 e. The van der Waals surface area contributed by atoms with E-state index in [0.29, 0.717) is 11.1 Å². The van der Waals surface area contributed by atoms with E-state index in [2.05, 4.69) is 18.8 Å². The van der Waals surface area contributed by atoms with Crippen molar-refractivity contribution in [2.75, 3.05) is 7.11 Å². The van der Waals surface area contributed by atoms with Gasteiger partial charge in [-0.1, -0.05) is 13.8 Å². The summed E-state index contributed by atoms with van der Waals surface area (Å²) in [5.74, 6) is -0.851. The first-order valence-corrected chi connectivity index (χ1v) is 8.26. The van der Waals surface area contributed by atoms with E-state index in [-0.39, 0.29) is 5.60 Å². The molecule has 1 fully saturated rings. The maximum absolute atomic E-state index is 11.4. The standard InChI is InChI=1S/C16H25NO3S/c1-14(2)6-8-16(20-5,9-7-14)12-17-11(10-21-12)15(3,4)13(18)19/h10H,6-9H2,1-5H3,(H,18,19). The maximum Gasteiger partial charge on any atom is 0.315 e. The van der Waals surface area contributed by atoms with E-state index in [9.17, 15) is 9.90 Å². The van der Waals surface area contributed by atoms with Crippen LogP contribution in [0.3, 0.4) is 0 Å². The third-order valence-corrected chi connectivity index (χ3v) is 5.90. The highest BCUT2D eigenvalue weighted by Gasteiger charge is 2.43. The van der Waals surface area contributed by atoms with Crippen molar-refractivity contribution in [2.45, 2.75) is 64.4 Å². The van der Waals surface area contributed by atoms with Crippen LogP contribution in [0.1, 0.15) is 64.1 Å². The Hall–Kier alpha value is -0.940. The number of carbonyl (C=O) groups is 1. The molecule has 21 heavy (non-hydrogen) atoms. The normalized spacial score (nSPS) is 21.2. The van der Waals surface area contributed by atoms with Gasteiger partial charge in [0.1, 0.15) is 16.0 Å². The van der Waals surface area contributed by atoms with Gasteiger partial charge in [-0.25, -0.2) is 4.98 Å². The van der Waals surface area contributed by atoms with E-state index >= 15 is 0 Å². The molecule has 4 nitrogen and oxygen atoms in total.